The van der Waals surface area contributed by atoms with Gasteiger partial charge >= 0.3 is 0 Å². The number of hydrogen-bond acceptors (Lipinski definition) is 0. The molecule has 1 N–H and O–H groups in total. The summed E-state index contributed by atoms with van der Waals surface area (Å²) in [5.41, 5.74) is 7.31. The van der Waals surface area contributed by atoms with E-state index >= 15 is 0 Å². The van der Waals surface area contributed by atoms with Gasteiger partial charge in [0.25, 0.3) is 0 Å². The van der Waals surface area contributed by atoms with Gasteiger partial charge < -0.3 is 4.98 Å². The molecular weight excluding hydrogens is 182 g/mol. The standard InChI is InChI=1S/C14H17N/c1-9-7-10(2)14-12(8-9)11-5-3-4-6-13(11)15-14/h3,5,8,10,15H,4,6-7H2,1-2H3. The Morgan fingerprint density at radius 3 is 3.07 bits per heavy atom. The SMILES string of the molecule is CC1=Cc2c([nH]c3c2C=CCC3)C(C)C1. The Balaban J connectivity index is 2.22. The van der Waals surface area contributed by atoms with E-state index in [4.69, 9.17) is 0 Å². The van der Waals surface area contributed by atoms with Crippen LogP contribution < -0.4 is 0 Å². The Bertz CT molecular complexity index is 460. The first-order valence-electron chi connectivity index (χ1n) is 5.84. The zero-order chi connectivity index (χ0) is 10.4. The Hall–Kier alpha value is -1.24. The molecule has 0 saturated carbocycles. The predicted molar refractivity (Wildman–Crippen MR) is 64.8 cm³/mol. The zero-order valence-corrected chi connectivity index (χ0v) is 9.43. The maximum Gasteiger partial charge on any atom is 0.0260 e. The number of hydrogen-bond donors (Lipinski definition) is 1. The van der Waals surface area contributed by atoms with Crippen LogP contribution in [0.2, 0.25) is 0 Å². The van der Waals surface area contributed by atoms with Crippen LogP contribution in [0.5, 0.6) is 0 Å². The van der Waals surface area contributed by atoms with E-state index in [-0.39, 0.29) is 0 Å². The fourth-order valence-corrected chi connectivity index (χ4v) is 2.86. The van der Waals surface area contributed by atoms with Crippen molar-refractivity contribution in [3.8, 4) is 0 Å². The summed E-state index contributed by atoms with van der Waals surface area (Å²) >= 11 is 0. The van der Waals surface area contributed by atoms with E-state index in [2.05, 4.69) is 37.1 Å². The molecule has 1 aromatic rings. The van der Waals surface area contributed by atoms with Gasteiger partial charge in [0, 0.05) is 28.4 Å². The molecule has 0 radical (unpaired) electrons. The summed E-state index contributed by atoms with van der Waals surface area (Å²) in [6, 6.07) is 0. The van der Waals surface area contributed by atoms with E-state index in [0.29, 0.717) is 5.92 Å². The van der Waals surface area contributed by atoms with E-state index in [0.717, 1.165) is 0 Å². The van der Waals surface area contributed by atoms with Gasteiger partial charge in [-0.3, -0.25) is 0 Å². The van der Waals surface area contributed by atoms with Gasteiger partial charge in [0.1, 0.15) is 0 Å². The molecule has 0 spiro atoms. The molecule has 2 aliphatic rings. The Morgan fingerprint density at radius 1 is 1.33 bits per heavy atom. The Kier molecular flexibility index (Phi) is 1.88. The molecule has 0 fully saturated rings. The van der Waals surface area contributed by atoms with Crippen LogP contribution >= 0.6 is 0 Å². The average Bonchev–Trinajstić information content (AvgIpc) is 2.57. The van der Waals surface area contributed by atoms with E-state index in [1.807, 2.05) is 0 Å². The second kappa shape index (κ2) is 3.13. The lowest BCUT2D eigenvalue weighted by Gasteiger charge is -2.17. The maximum atomic E-state index is 3.63. The summed E-state index contributed by atoms with van der Waals surface area (Å²) in [7, 11) is 0. The summed E-state index contributed by atoms with van der Waals surface area (Å²) in [5.74, 6) is 0.656. The van der Waals surface area contributed by atoms with Gasteiger partial charge in [-0.25, -0.2) is 0 Å². The third-order valence-electron chi connectivity index (χ3n) is 3.55. The van der Waals surface area contributed by atoms with Crippen LogP contribution in [-0.4, -0.2) is 4.98 Å². The van der Waals surface area contributed by atoms with Gasteiger partial charge in [0.15, 0.2) is 0 Å². The van der Waals surface area contributed by atoms with Gasteiger partial charge in [-0.1, -0.05) is 30.7 Å². The van der Waals surface area contributed by atoms with Crippen molar-refractivity contribution in [3.05, 3.63) is 34.2 Å². The lowest BCUT2D eigenvalue weighted by molar-refractivity contribution is 0.717. The summed E-state index contributed by atoms with van der Waals surface area (Å²) in [4.78, 5) is 3.63. The number of allylic oxidation sites excluding steroid dienone is 2. The van der Waals surface area contributed by atoms with Gasteiger partial charge in [-0.15, -0.1) is 0 Å². The number of aromatic nitrogens is 1. The quantitative estimate of drug-likeness (QED) is 0.652. The monoisotopic (exact) mass is 199 g/mol. The van der Waals surface area contributed by atoms with Gasteiger partial charge in [-0.05, 0) is 26.2 Å². The van der Waals surface area contributed by atoms with Crippen molar-refractivity contribution in [1.29, 1.82) is 0 Å². The predicted octanol–water partition coefficient (Wildman–Crippen LogP) is 3.88. The van der Waals surface area contributed by atoms with Crippen LogP contribution in [0, 0.1) is 0 Å². The third-order valence-corrected chi connectivity index (χ3v) is 3.55. The normalized spacial score (nSPS) is 23.3. The van der Waals surface area contributed by atoms with E-state index < -0.39 is 0 Å². The molecule has 0 aromatic carbocycles. The van der Waals surface area contributed by atoms with Crippen molar-refractivity contribution in [1.82, 2.24) is 4.98 Å². The highest BCUT2D eigenvalue weighted by molar-refractivity contribution is 5.73. The van der Waals surface area contributed by atoms with Crippen LogP contribution in [0.3, 0.4) is 0 Å². The molecule has 1 nitrogen and oxygen atoms in total. The molecule has 0 saturated heterocycles. The fraction of sp³-hybridized carbons (Fsp3) is 0.429. The summed E-state index contributed by atoms with van der Waals surface area (Å²) in [6.45, 7) is 4.56. The molecule has 3 rings (SSSR count). The fourth-order valence-electron chi connectivity index (χ4n) is 2.86. The molecule has 1 heterocycles. The molecule has 15 heavy (non-hydrogen) atoms. The molecule has 0 amide bonds. The van der Waals surface area contributed by atoms with E-state index in [9.17, 15) is 0 Å². The van der Waals surface area contributed by atoms with Gasteiger partial charge in [0.2, 0.25) is 0 Å². The largest absolute Gasteiger partial charge is 0.361 e. The maximum absolute atomic E-state index is 3.63. The molecule has 1 heteroatoms. The van der Waals surface area contributed by atoms with Gasteiger partial charge in [0.05, 0.1) is 0 Å². The molecule has 2 aliphatic carbocycles. The summed E-state index contributed by atoms with van der Waals surface area (Å²) in [5, 5.41) is 0. The lowest BCUT2D eigenvalue weighted by Crippen LogP contribution is -2.02. The number of aromatic amines is 1. The number of aryl methyl sites for hydroxylation is 1. The molecule has 0 aliphatic heterocycles. The van der Waals surface area contributed by atoms with Crippen LogP contribution in [0.1, 0.15) is 55.1 Å². The first-order chi connectivity index (χ1) is 7.25. The highest BCUT2D eigenvalue weighted by Gasteiger charge is 2.22. The average molecular weight is 199 g/mol. The minimum atomic E-state index is 0.656. The Morgan fingerprint density at radius 2 is 2.20 bits per heavy atom. The molecule has 78 valence electrons. The van der Waals surface area contributed by atoms with Crippen LogP contribution in [0.15, 0.2) is 11.6 Å². The van der Waals surface area contributed by atoms with Crippen molar-refractivity contribution in [2.75, 3.05) is 0 Å². The number of nitrogens with one attached hydrogen (secondary N) is 1. The van der Waals surface area contributed by atoms with Crippen molar-refractivity contribution < 1.29 is 0 Å². The number of fused-ring (bicyclic) bond motifs is 3. The molecule has 1 unspecified atom stereocenters. The lowest BCUT2D eigenvalue weighted by atomic mass is 9.87. The first-order valence-corrected chi connectivity index (χ1v) is 5.84. The van der Waals surface area contributed by atoms with Gasteiger partial charge in [-0.2, -0.15) is 0 Å². The van der Waals surface area contributed by atoms with Crippen molar-refractivity contribution in [3.63, 3.8) is 0 Å². The molecule has 1 aromatic heterocycles. The zero-order valence-electron chi connectivity index (χ0n) is 9.43. The minimum absolute atomic E-state index is 0.656. The number of H-pyrrole nitrogens is 1. The van der Waals surface area contributed by atoms with E-state index in [1.54, 1.807) is 0 Å². The van der Waals surface area contributed by atoms with Crippen LogP contribution in [0.4, 0.5) is 0 Å². The highest BCUT2D eigenvalue weighted by atomic mass is 14.8. The first kappa shape index (κ1) is 9.02. The summed E-state index contributed by atoms with van der Waals surface area (Å²) < 4.78 is 0. The van der Waals surface area contributed by atoms with Crippen molar-refractivity contribution >= 4 is 12.2 Å². The smallest absolute Gasteiger partial charge is 0.0260 e. The molecule has 0 bridgehead atoms. The van der Waals surface area contributed by atoms with Crippen LogP contribution in [0.25, 0.3) is 12.2 Å². The minimum Gasteiger partial charge on any atom is -0.361 e. The third kappa shape index (κ3) is 1.30. The van der Waals surface area contributed by atoms with Crippen molar-refractivity contribution in [2.24, 2.45) is 0 Å². The highest BCUT2D eigenvalue weighted by Crippen LogP contribution is 2.37. The van der Waals surface area contributed by atoms with E-state index in [1.165, 1.54) is 47.4 Å². The second-order valence-electron chi connectivity index (χ2n) is 4.88. The Labute approximate surface area is 90.9 Å². The topological polar surface area (TPSA) is 15.8 Å². The summed E-state index contributed by atoms with van der Waals surface area (Å²) in [6.07, 6.45) is 10.5. The number of rotatable bonds is 0. The van der Waals surface area contributed by atoms with Crippen LogP contribution in [-0.2, 0) is 6.42 Å². The molecular formula is C14H17N. The molecule has 1 atom stereocenters. The van der Waals surface area contributed by atoms with Crippen molar-refractivity contribution in [2.45, 2.75) is 39.0 Å². The second-order valence-corrected chi connectivity index (χ2v) is 4.88.